The zero-order chi connectivity index (χ0) is 13.4. The number of hydrogen-bond acceptors (Lipinski definition) is 4. The van der Waals surface area contributed by atoms with Crippen molar-refractivity contribution in [3.05, 3.63) is 12.2 Å². The molecule has 0 aromatic carbocycles. The highest BCUT2D eigenvalue weighted by Crippen LogP contribution is 2.52. The minimum atomic E-state index is -0.299. The topological polar surface area (TPSA) is 52.6 Å². The van der Waals surface area contributed by atoms with Gasteiger partial charge in [0.05, 0.1) is 0 Å². The van der Waals surface area contributed by atoms with E-state index in [4.69, 9.17) is 9.47 Å². The largest absolute Gasteiger partial charge is 0.458 e. The second-order valence-corrected chi connectivity index (χ2v) is 6.69. The normalized spacial score (nSPS) is 41.6. The number of fused-ring (bicyclic) bond motifs is 1. The molecule has 0 aromatic heterocycles. The van der Waals surface area contributed by atoms with E-state index in [1.54, 1.807) is 0 Å². The second kappa shape index (κ2) is 5.33. The molecule has 0 amide bonds. The fourth-order valence-corrected chi connectivity index (χ4v) is 4.61. The molecule has 0 bridgehead atoms. The van der Waals surface area contributed by atoms with E-state index in [-0.39, 0.29) is 45.6 Å². The predicted octanol–water partition coefficient (Wildman–Crippen LogP) is 2.19. The Morgan fingerprint density at radius 3 is 1.50 bits per heavy atom. The summed E-state index contributed by atoms with van der Waals surface area (Å²) in [5.74, 6) is -0.334. The third-order valence-corrected chi connectivity index (χ3v) is 6.41. The van der Waals surface area contributed by atoms with Crippen LogP contribution in [-0.2, 0) is 19.1 Å². The Kier molecular flexibility index (Phi) is 4.16. The molecule has 2 aliphatic carbocycles. The summed E-state index contributed by atoms with van der Waals surface area (Å²) in [6.07, 6.45) is 3.11. The molecule has 2 aliphatic rings. The maximum absolute atomic E-state index is 11.1. The molecule has 0 saturated heterocycles. The van der Waals surface area contributed by atoms with Gasteiger partial charge in [0.15, 0.2) is 0 Å². The summed E-state index contributed by atoms with van der Waals surface area (Å²) in [5, 5.41) is 0. The minimum absolute atomic E-state index is 0.132. The lowest BCUT2D eigenvalue weighted by molar-refractivity contribution is -0.159. The number of rotatable bonds is 2. The molecule has 100 valence electrons. The predicted molar refractivity (Wildman–Crippen MR) is 72.7 cm³/mol. The van der Waals surface area contributed by atoms with Crippen molar-refractivity contribution in [1.82, 2.24) is 0 Å². The van der Waals surface area contributed by atoms with Crippen LogP contribution in [0.5, 0.6) is 0 Å². The zero-order valence-electron chi connectivity index (χ0n) is 10.0. The molecule has 18 heavy (non-hydrogen) atoms. The van der Waals surface area contributed by atoms with Gasteiger partial charge in [-0.25, -0.2) is 0 Å². The van der Waals surface area contributed by atoms with Crippen molar-refractivity contribution >= 4 is 43.8 Å². The first-order valence-corrected chi connectivity index (χ1v) is 7.56. The molecule has 6 heteroatoms. The van der Waals surface area contributed by atoms with Crippen LogP contribution in [0.4, 0.5) is 0 Å². The van der Waals surface area contributed by atoms with Crippen molar-refractivity contribution in [2.75, 3.05) is 0 Å². The van der Waals surface area contributed by atoms with Gasteiger partial charge in [-0.05, 0) is 12.2 Å². The summed E-state index contributed by atoms with van der Waals surface area (Å²) in [6, 6.07) is 0. The summed E-state index contributed by atoms with van der Waals surface area (Å²) in [4.78, 5) is 22.5. The molecule has 0 unspecified atom stereocenters. The highest BCUT2D eigenvalue weighted by Gasteiger charge is 2.57. The van der Waals surface area contributed by atoms with Crippen LogP contribution in [0.25, 0.3) is 0 Å². The van der Waals surface area contributed by atoms with Crippen molar-refractivity contribution in [2.24, 2.45) is 11.8 Å². The van der Waals surface area contributed by atoms with Gasteiger partial charge in [-0.15, -0.1) is 0 Å². The molecule has 0 spiro atoms. The van der Waals surface area contributed by atoms with E-state index in [1.807, 2.05) is 12.2 Å². The van der Waals surface area contributed by atoms with Gasteiger partial charge in [0, 0.05) is 35.3 Å². The highest BCUT2D eigenvalue weighted by molar-refractivity contribution is 9.12. The van der Waals surface area contributed by atoms with E-state index < -0.39 is 0 Å². The Hall–Kier alpha value is -0.360. The van der Waals surface area contributed by atoms with Crippen molar-refractivity contribution in [3.8, 4) is 0 Å². The van der Waals surface area contributed by atoms with E-state index in [0.29, 0.717) is 0 Å². The molecule has 6 atom stereocenters. The van der Waals surface area contributed by atoms with Crippen LogP contribution >= 0.6 is 31.9 Å². The lowest BCUT2D eigenvalue weighted by Gasteiger charge is -2.53. The third kappa shape index (κ3) is 2.50. The lowest BCUT2D eigenvalue weighted by Crippen LogP contribution is -2.61. The number of esters is 2. The number of halogens is 2. The van der Waals surface area contributed by atoms with Gasteiger partial charge in [-0.3, -0.25) is 9.59 Å². The van der Waals surface area contributed by atoms with Crippen molar-refractivity contribution < 1.29 is 19.1 Å². The van der Waals surface area contributed by atoms with Crippen molar-refractivity contribution in [3.63, 3.8) is 0 Å². The van der Waals surface area contributed by atoms with Crippen LogP contribution in [0.2, 0.25) is 0 Å². The van der Waals surface area contributed by atoms with Crippen LogP contribution in [0.3, 0.4) is 0 Å². The molecule has 0 aliphatic heterocycles. The Bertz CT molecular complexity index is 360. The van der Waals surface area contributed by atoms with E-state index in [1.165, 1.54) is 13.8 Å². The zero-order valence-corrected chi connectivity index (χ0v) is 13.2. The molecule has 4 nitrogen and oxygen atoms in total. The number of carbonyl (C=O) groups is 2. The van der Waals surface area contributed by atoms with Gasteiger partial charge in [0.2, 0.25) is 0 Å². The van der Waals surface area contributed by atoms with Gasteiger partial charge < -0.3 is 9.47 Å². The van der Waals surface area contributed by atoms with E-state index in [2.05, 4.69) is 31.9 Å². The highest BCUT2D eigenvalue weighted by atomic mass is 79.9. The minimum Gasteiger partial charge on any atom is -0.458 e. The molecule has 1 fully saturated rings. The quantitative estimate of drug-likeness (QED) is 0.418. The third-order valence-electron chi connectivity index (χ3n) is 3.34. The van der Waals surface area contributed by atoms with Crippen LogP contribution in [0, 0.1) is 11.8 Å². The average Bonchev–Trinajstić information content (AvgIpc) is 2.28. The molecular formula is C12H14Br2O4. The maximum Gasteiger partial charge on any atom is 0.303 e. The second-order valence-electron chi connectivity index (χ2n) is 4.58. The van der Waals surface area contributed by atoms with Crippen LogP contribution < -0.4 is 0 Å². The molecule has 0 heterocycles. The van der Waals surface area contributed by atoms with Crippen LogP contribution in [0.15, 0.2) is 12.2 Å². The smallest absolute Gasteiger partial charge is 0.303 e. The molecule has 1 saturated carbocycles. The van der Waals surface area contributed by atoms with E-state index in [0.717, 1.165) is 0 Å². The Morgan fingerprint density at radius 2 is 1.22 bits per heavy atom. The summed E-state index contributed by atoms with van der Waals surface area (Å²) < 4.78 is 10.6. The SMILES string of the molecule is CC(=O)O[C@H]1C=C[C@@H](OC(C)=O)[C@@H]2[C@@H](Br)[C@H](Br)[C@@H]21. The average molecular weight is 382 g/mol. The molecule has 0 N–H and O–H groups in total. The van der Waals surface area contributed by atoms with Gasteiger partial charge >= 0.3 is 11.9 Å². The Balaban J connectivity index is 2.16. The molecular weight excluding hydrogens is 368 g/mol. The Morgan fingerprint density at radius 1 is 0.889 bits per heavy atom. The summed E-state index contributed by atoms with van der Waals surface area (Å²) in [7, 11) is 0. The van der Waals surface area contributed by atoms with Crippen molar-refractivity contribution in [1.29, 1.82) is 0 Å². The first-order chi connectivity index (χ1) is 8.41. The van der Waals surface area contributed by atoms with E-state index >= 15 is 0 Å². The number of ether oxygens (including phenoxy) is 2. The summed E-state index contributed by atoms with van der Waals surface area (Å²) in [5.41, 5.74) is 0. The molecule has 0 radical (unpaired) electrons. The summed E-state index contributed by atoms with van der Waals surface area (Å²) in [6.45, 7) is 2.79. The lowest BCUT2D eigenvalue weighted by atomic mass is 9.65. The Labute approximate surface area is 122 Å². The van der Waals surface area contributed by atoms with Gasteiger partial charge in [-0.2, -0.15) is 0 Å². The summed E-state index contributed by atoms with van der Waals surface area (Å²) >= 11 is 7.16. The maximum atomic E-state index is 11.1. The van der Waals surface area contributed by atoms with Gasteiger partial charge in [-0.1, -0.05) is 31.9 Å². The van der Waals surface area contributed by atoms with Crippen molar-refractivity contribution in [2.45, 2.75) is 35.7 Å². The number of carbonyl (C=O) groups excluding carboxylic acids is 2. The van der Waals surface area contributed by atoms with E-state index in [9.17, 15) is 9.59 Å². The fraction of sp³-hybridized carbons (Fsp3) is 0.667. The van der Waals surface area contributed by atoms with Gasteiger partial charge in [0.1, 0.15) is 12.2 Å². The first kappa shape index (κ1) is 14.1. The van der Waals surface area contributed by atoms with Gasteiger partial charge in [0.25, 0.3) is 0 Å². The monoisotopic (exact) mass is 380 g/mol. The van der Waals surface area contributed by atoms with Crippen LogP contribution in [-0.4, -0.2) is 33.8 Å². The number of hydrogen-bond donors (Lipinski definition) is 0. The molecule has 2 rings (SSSR count). The van der Waals surface area contributed by atoms with Crippen LogP contribution in [0.1, 0.15) is 13.8 Å². The fourth-order valence-electron chi connectivity index (χ4n) is 2.60. The number of alkyl halides is 2. The standard InChI is InChI=1S/C12H14Br2O4/c1-5(15)17-7-3-4-8(18-6(2)16)10-9(7)11(13)12(10)14/h3-4,7-12H,1-2H3/t7-,8+,9+,10-,11-,12-/m1/s1. The molecule has 0 aromatic rings. The first-order valence-electron chi connectivity index (χ1n) is 5.72.